The van der Waals surface area contributed by atoms with Crippen LogP contribution >= 0.6 is 0 Å². The molecule has 0 atom stereocenters. The van der Waals surface area contributed by atoms with Crippen molar-refractivity contribution in [1.82, 2.24) is 0 Å². The lowest BCUT2D eigenvalue weighted by Crippen LogP contribution is -2.14. The summed E-state index contributed by atoms with van der Waals surface area (Å²) in [6.07, 6.45) is 0. The molecule has 0 aliphatic rings. The molecule has 104 valence electrons. The Kier molecular flexibility index (Phi) is 3.79. The Balaban J connectivity index is 2.37. The number of anilines is 3. The summed E-state index contributed by atoms with van der Waals surface area (Å²) in [6.45, 7) is 1.95. The molecule has 0 aliphatic carbocycles. The van der Waals surface area contributed by atoms with Crippen LogP contribution in [0.15, 0.2) is 36.4 Å². The van der Waals surface area contributed by atoms with Crippen LogP contribution in [0.3, 0.4) is 0 Å². The zero-order valence-corrected chi connectivity index (χ0v) is 11.4. The van der Waals surface area contributed by atoms with E-state index in [1.54, 1.807) is 25.3 Å². The highest BCUT2D eigenvalue weighted by Gasteiger charge is 2.10. The molecule has 0 saturated carbocycles. The SMILES string of the molecule is COc1ccc(Nc2ccc(N)cc2C(N)=O)c(C)c1. The summed E-state index contributed by atoms with van der Waals surface area (Å²) in [4.78, 5) is 11.5. The molecular formula is C15H17N3O2. The quantitative estimate of drug-likeness (QED) is 0.745. The van der Waals surface area contributed by atoms with Gasteiger partial charge in [0.05, 0.1) is 18.4 Å². The van der Waals surface area contributed by atoms with Crippen molar-refractivity contribution in [3.63, 3.8) is 0 Å². The van der Waals surface area contributed by atoms with Crippen molar-refractivity contribution in [2.45, 2.75) is 6.92 Å². The van der Waals surface area contributed by atoms with E-state index in [0.29, 0.717) is 16.9 Å². The Morgan fingerprint density at radius 1 is 1.15 bits per heavy atom. The van der Waals surface area contributed by atoms with E-state index >= 15 is 0 Å². The van der Waals surface area contributed by atoms with Crippen molar-refractivity contribution < 1.29 is 9.53 Å². The lowest BCUT2D eigenvalue weighted by atomic mass is 10.1. The maximum absolute atomic E-state index is 11.5. The molecule has 0 saturated heterocycles. The summed E-state index contributed by atoms with van der Waals surface area (Å²) in [5.74, 6) is 0.256. The summed E-state index contributed by atoms with van der Waals surface area (Å²) >= 11 is 0. The van der Waals surface area contributed by atoms with Crippen LogP contribution < -0.4 is 21.5 Å². The van der Waals surface area contributed by atoms with Crippen LogP contribution in [-0.4, -0.2) is 13.0 Å². The number of primary amides is 1. The highest BCUT2D eigenvalue weighted by Crippen LogP contribution is 2.27. The molecule has 5 N–H and O–H groups in total. The number of ether oxygens (including phenoxy) is 1. The summed E-state index contributed by atoms with van der Waals surface area (Å²) in [7, 11) is 1.62. The molecule has 5 nitrogen and oxygen atoms in total. The molecule has 2 rings (SSSR count). The second-order valence-corrected chi connectivity index (χ2v) is 4.48. The normalized spacial score (nSPS) is 10.1. The van der Waals surface area contributed by atoms with E-state index in [9.17, 15) is 4.79 Å². The third kappa shape index (κ3) is 2.83. The van der Waals surface area contributed by atoms with Crippen LogP contribution in [0, 0.1) is 6.92 Å². The van der Waals surface area contributed by atoms with Gasteiger partial charge in [-0.1, -0.05) is 0 Å². The molecule has 5 heteroatoms. The third-order valence-electron chi connectivity index (χ3n) is 3.01. The molecule has 2 aromatic carbocycles. The van der Waals surface area contributed by atoms with Crippen molar-refractivity contribution >= 4 is 23.0 Å². The van der Waals surface area contributed by atoms with E-state index in [1.807, 2.05) is 25.1 Å². The zero-order valence-electron chi connectivity index (χ0n) is 11.4. The minimum atomic E-state index is -0.522. The first-order valence-corrected chi connectivity index (χ1v) is 6.12. The fraction of sp³-hybridized carbons (Fsp3) is 0.133. The minimum absolute atomic E-state index is 0.361. The van der Waals surface area contributed by atoms with Crippen LogP contribution in [0.25, 0.3) is 0 Å². The number of nitrogens with one attached hydrogen (secondary N) is 1. The molecule has 20 heavy (non-hydrogen) atoms. The maximum Gasteiger partial charge on any atom is 0.250 e. The monoisotopic (exact) mass is 271 g/mol. The van der Waals surface area contributed by atoms with Crippen molar-refractivity contribution in [3.8, 4) is 5.75 Å². The Labute approximate surface area is 117 Å². The van der Waals surface area contributed by atoms with Crippen molar-refractivity contribution in [3.05, 3.63) is 47.5 Å². The molecule has 0 heterocycles. The van der Waals surface area contributed by atoms with Gasteiger partial charge in [-0.2, -0.15) is 0 Å². The number of rotatable bonds is 4. The number of carbonyl (C=O) groups is 1. The van der Waals surface area contributed by atoms with Gasteiger partial charge in [0.1, 0.15) is 5.75 Å². The maximum atomic E-state index is 11.5. The van der Waals surface area contributed by atoms with Crippen molar-refractivity contribution in [2.24, 2.45) is 5.73 Å². The highest BCUT2D eigenvalue weighted by atomic mass is 16.5. The minimum Gasteiger partial charge on any atom is -0.497 e. The molecule has 2 aromatic rings. The fourth-order valence-corrected chi connectivity index (χ4v) is 1.92. The van der Waals surface area contributed by atoms with Crippen LogP contribution in [0.2, 0.25) is 0 Å². The van der Waals surface area contributed by atoms with Crippen molar-refractivity contribution in [1.29, 1.82) is 0 Å². The second kappa shape index (κ2) is 5.52. The number of methoxy groups -OCH3 is 1. The zero-order chi connectivity index (χ0) is 14.7. The van der Waals surface area contributed by atoms with E-state index < -0.39 is 5.91 Å². The predicted molar refractivity (Wildman–Crippen MR) is 80.4 cm³/mol. The molecule has 0 bridgehead atoms. The summed E-state index contributed by atoms with van der Waals surface area (Å²) in [5, 5.41) is 3.19. The summed E-state index contributed by atoms with van der Waals surface area (Å²) < 4.78 is 5.16. The number of nitrogen functional groups attached to an aromatic ring is 1. The highest BCUT2D eigenvalue weighted by molar-refractivity contribution is 6.00. The number of aryl methyl sites for hydroxylation is 1. The lowest BCUT2D eigenvalue weighted by molar-refractivity contribution is 0.100. The molecule has 0 unspecified atom stereocenters. The molecular weight excluding hydrogens is 254 g/mol. The first kappa shape index (κ1) is 13.7. The van der Waals surface area contributed by atoms with Gasteiger partial charge in [0.25, 0.3) is 5.91 Å². The van der Waals surface area contributed by atoms with Crippen LogP contribution in [0.4, 0.5) is 17.1 Å². The molecule has 0 spiro atoms. The Hall–Kier alpha value is -2.69. The topological polar surface area (TPSA) is 90.4 Å². The number of nitrogens with two attached hydrogens (primary N) is 2. The standard InChI is InChI=1S/C15H17N3O2/c1-9-7-11(20-2)4-6-13(9)18-14-5-3-10(16)8-12(14)15(17)19/h3-8,18H,16H2,1-2H3,(H2,17,19). The van der Waals surface area contributed by atoms with Gasteiger partial charge in [0.2, 0.25) is 0 Å². The largest absolute Gasteiger partial charge is 0.497 e. The second-order valence-electron chi connectivity index (χ2n) is 4.48. The summed E-state index contributed by atoms with van der Waals surface area (Å²) in [5.41, 5.74) is 14.4. The molecule has 1 amide bonds. The van der Waals surface area contributed by atoms with E-state index in [2.05, 4.69) is 5.32 Å². The van der Waals surface area contributed by atoms with E-state index in [4.69, 9.17) is 16.2 Å². The van der Waals surface area contributed by atoms with Gasteiger partial charge in [0, 0.05) is 11.4 Å². The third-order valence-corrected chi connectivity index (χ3v) is 3.01. The van der Waals surface area contributed by atoms with E-state index in [1.165, 1.54) is 0 Å². The Morgan fingerprint density at radius 3 is 2.45 bits per heavy atom. The predicted octanol–water partition coefficient (Wildman–Crippen LogP) is 2.43. The van der Waals surface area contributed by atoms with Gasteiger partial charge >= 0.3 is 0 Å². The number of amides is 1. The van der Waals surface area contributed by atoms with Gasteiger partial charge in [0.15, 0.2) is 0 Å². The molecule has 0 aliphatic heterocycles. The van der Waals surface area contributed by atoms with Crippen LogP contribution in [0.1, 0.15) is 15.9 Å². The van der Waals surface area contributed by atoms with Crippen LogP contribution in [-0.2, 0) is 0 Å². The lowest BCUT2D eigenvalue weighted by Gasteiger charge is -2.13. The number of benzene rings is 2. The summed E-state index contributed by atoms with van der Waals surface area (Å²) in [6, 6.07) is 10.6. The van der Waals surface area contributed by atoms with Gasteiger partial charge < -0.3 is 21.5 Å². The number of carbonyl (C=O) groups excluding carboxylic acids is 1. The van der Waals surface area contributed by atoms with Crippen molar-refractivity contribution in [2.75, 3.05) is 18.2 Å². The molecule has 0 fully saturated rings. The van der Waals surface area contributed by atoms with Crippen LogP contribution in [0.5, 0.6) is 5.75 Å². The molecule has 0 aromatic heterocycles. The molecule has 0 radical (unpaired) electrons. The number of hydrogen-bond acceptors (Lipinski definition) is 4. The fourth-order valence-electron chi connectivity index (χ4n) is 1.92. The van der Waals surface area contributed by atoms with E-state index in [-0.39, 0.29) is 0 Å². The van der Waals surface area contributed by atoms with Gasteiger partial charge in [-0.25, -0.2) is 0 Å². The first-order chi connectivity index (χ1) is 9.51. The Morgan fingerprint density at radius 2 is 1.85 bits per heavy atom. The Bertz CT molecular complexity index is 654. The smallest absolute Gasteiger partial charge is 0.250 e. The number of hydrogen-bond donors (Lipinski definition) is 3. The van der Waals surface area contributed by atoms with Gasteiger partial charge in [-0.15, -0.1) is 0 Å². The first-order valence-electron chi connectivity index (χ1n) is 6.12. The average molecular weight is 271 g/mol. The van der Waals surface area contributed by atoms with Gasteiger partial charge in [-0.05, 0) is 48.9 Å². The van der Waals surface area contributed by atoms with E-state index in [0.717, 1.165) is 17.0 Å². The van der Waals surface area contributed by atoms with Gasteiger partial charge in [-0.3, -0.25) is 4.79 Å². The average Bonchev–Trinajstić information content (AvgIpc) is 2.42.